The van der Waals surface area contributed by atoms with Gasteiger partial charge in [-0.15, -0.1) is 0 Å². The number of hydrogen-bond donors (Lipinski definition) is 0. The average Bonchev–Trinajstić information content (AvgIpc) is 3.01. The Bertz CT molecular complexity index is 269. The zero-order valence-electron chi connectivity index (χ0n) is 22.4. The maximum atomic E-state index is 4.62. The van der Waals surface area contributed by atoms with Gasteiger partial charge in [0, 0.05) is 0 Å². The molecule has 2 fully saturated rings. The van der Waals surface area contributed by atoms with E-state index in [4.69, 9.17) is 0 Å². The van der Waals surface area contributed by atoms with E-state index in [-0.39, 0.29) is 0 Å². The normalized spacial score (nSPS) is 20.4. The molecule has 2 rings (SSSR count). The van der Waals surface area contributed by atoms with Crippen LogP contribution in [0, 0.1) is 59.2 Å². The summed E-state index contributed by atoms with van der Waals surface area (Å²) < 4.78 is 0. The van der Waals surface area contributed by atoms with Crippen LogP contribution in [0.15, 0.2) is 0 Å². The van der Waals surface area contributed by atoms with E-state index in [1.165, 1.54) is 59.2 Å². The molecular weight excluding hydrogens is 649 g/mol. The van der Waals surface area contributed by atoms with Gasteiger partial charge in [-0.3, -0.25) is 0 Å². The molecule has 0 aromatic carbocycles. The van der Waals surface area contributed by atoms with Crippen molar-refractivity contribution in [2.75, 3.05) is 0 Å². The molecule has 32 heavy (non-hydrogen) atoms. The molecule has 0 nitrogen and oxygen atoms in total. The second kappa shape index (κ2) is 23.9. The molecular formula is C26H44Cl2Ru2S2+2. The third-order valence-electron chi connectivity index (χ3n) is 5.62. The van der Waals surface area contributed by atoms with Crippen LogP contribution in [-0.2, 0) is 59.9 Å². The Hall–Kier alpha value is 2.53. The van der Waals surface area contributed by atoms with Gasteiger partial charge in [0.1, 0.15) is 0 Å². The van der Waals surface area contributed by atoms with Crippen molar-refractivity contribution in [2.45, 2.75) is 107 Å². The van der Waals surface area contributed by atoms with Crippen LogP contribution in [0.25, 0.3) is 0 Å². The number of rotatable bonds is 0. The van der Waals surface area contributed by atoms with Gasteiger partial charge in [-0.2, -0.15) is 10.5 Å². The molecule has 0 aliphatic heterocycles. The molecule has 0 heterocycles. The van der Waals surface area contributed by atoms with Crippen LogP contribution in [0.1, 0.15) is 96.9 Å². The van der Waals surface area contributed by atoms with Crippen LogP contribution in [0.5, 0.6) is 0 Å². The summed E-state index contributed by atoms with van der Waals surface area (Å²) in [7, 11) is 9.14. The zero-order valence-corrected chi connectivity index (χ0v) is 29.1. The summed E-state index contributed by atoms with van der Waals surface area (Å²) in [6, 6.07) is 0. The summed E-state index contributed by atoms with van der Waals surface area (Å²) in [6.07, 6.45) is 0. The molecule has 2 aliphatic rings. The van der Waals surface area contributed by atoms with Crippen molar-refractivity contribution in [1.29, 1.82) is 0 Å². The van der Waals surface area contributed by atoms with E-state index in [9.17, 15) is 0 Å². The number of hydrogen-bond acceptors (Lipinski definition) is 2. The van der Waals surface area contributed by atoms with Gasteiger partial charge in [-0.05, 0) is 59.2 Å². The van der Waals surface area contributed by atoms with Crippen LogP contribution < -0.4 is 0 Å². The Labute approximate surface area is 243 Å². The topological polar surface area (TPSA) is 0 Å². The van der Waals surface area contributed by atoms with Crippen molar-refractivity contribution in [3.8, 4) is 0 Å². The van der Waals surface area contributed by atoms with Crippen LogP contribution in [0.3, 0.4) is 0 Å². The molecule has 0 saturated heterocycles. The number of halogens is 2. The molecule has 0 aromatic rings. The minimum absolute atomic E-state index is 0.417. The SMILES string of the molecule is CC(C)[S-].CC(C)[S-].C[C]1[C](C)[C](C)[C](C)[C]1C.C[C]1[C](C)[C](C)[C](C)[C]1C.[Cl][Ru+2].[Cl][Ru+2]. The van der Waals surface area contributed by atoms with E-state index in [1.54, 1.807) is 0 Å². The van der Waals surface area contributed by atoms with Gasteiger partial charge in [-0.1, -0.05) is 96.9 Å². The molecule has 0 bridgehead atoms. The fraction of sp³-hybridized carbons (Fsp3) is 0.615. The van der Waals surface area contributed by atoms with Gasteiger partial charge in [0.05, 0.1) is 0 Å². The second-order valence-corrected chi connectivity index (χ2v) is 10.2. The Morgan fingerprint density at radius 2 is 0.406 bits per heavy atom. The van der Waals surface area contributed by atoms with Gasteiger partial charge in [0.25, 0.3) is 0 Å². The third-order valence-corrected chi connectivity index (χ3v) is 5.62. The van der Waals surface area contributed by atoms with Crippen molar-refractivity contribution in [3.63, 3.8) is 0 Å². The fourth-order valence-corrected chi connectivity index (χ4v) is 2.81. The van der Waals surface area contributed by atoms with Crippen LogP contribution in [-0.4, -0.2) is 10.5 Å². The molecule has 0 amide bonds. The first-order valence-corrected chi connectivity index (χ1v) is 16.0. The van der Waals surface area contributed by atoms with Crippen molar-refractivity contribution in [1.82, 2.24) is 0 Å². The van der Waals surface area contributed by atoms with Crippen molar-refractivity contribution < 1.29 is 34.6 Å². The Balaban J connectivity index is -0.000000167. The molecule has 2 aliphatic carbocycles. The predicted molar refractivity (Wildman–Crippen MR) is 146 cm³/mol. The molecule has 0 aromatic heterocycles. The minimum atomic E-state index is 0.417. The first-order valence-electron chi connectivity index (χ1n) is 10.5. The Morgan fingerprint density at radius 3 is 0.438 bits per heavy atom. The van der Waals surface area contributed by atoms with E-state index in [1.807, 2.05) is 62.3 Å². The average molecular weight is 694 g/mol. The van der Waals surface area contributed by atoms with Gasteiger partial charge < -0.3 is 25.3 Å². The summed E-state index contributed by atoms with van der Waals surface area (Å²) in [6.45, 7) is 29.9. The van der Waals surface area contributed by atoms with Gasteiger partial charge in [-0.25, -0.2) is 0 Å². The molecule has 0 atom stereocenters. The first kappa shape index (κ1) is 41.6. The summed E-state index contributed by atoms with van der Waals surface area (Å²) in [5.74, 6) is 14.7. The van der Waals surface area contributed by atoms with Crippen LogP contribution in [0.4, 0.5) is 0 Å². The van der Waals surface area contributed by atoms with Crippen molar-refractivity contribution >= 4 is 44.6 Å². The molecule has 6 heteroatoms. The van der Waals surface area contributed by atoms with E-state index in [0.717, 1.165) is 0 Å². The Morgan fingerprint density at radius 1 is 0.375 bits per heavy atom. The summed E-state index contributed by atoms with van der Waals surface area (Å²) in [5.41, 5.74) is 0. The van der Waals surface area contributed by atoms with E-state index in [0.29, 0.717) is 10.5 Å². The molecule has 0 spiro atoms. The first-order chi connectivity index (χ1) is 14.6. The molecule has 10 radical (unpaired) electrons. The zero-order chi connectivity index (χ0) is 26.9. The van der Waals surface area contributed by atoms with E-state index >= 15 is 0 Å². The van der Waals surface area contributed by atoms with Crippen molar-refractivity contribution in [3.05, 3.63) is 59.2 Å². The van der Waals surface area contributed by atoms with Crippen molar-refractivity contribution in [2.24, 2.45) is 0 Å². The predicted octanol–water partition coefficient (Wildman–Crippen LogP) is 9.20. The maximum absolute atomic E-state index is 4.62. The van der Waals surface area contributed by atoms with Gasteiger partial charge >= 0.3 is 54.0 Å². The van der Waals surface area contributed by atoms with Gasteiger partial charge in [0.15, 0.2) is 0 Å². The summed E-state index contributed by atoms with van der Waals surface area (Å²) >= 11 is 12.9. The Kier molecular flexibility index (Phi) is 31.1. The second-order valence-electron chi connectivity index (χ2n) is 8.35. The molecule has 0 N–H and O–H groups in total. The van der Waals surface area contributed by atoms with Crippen LogP contribution in [0.2, 0.25) is 0 Å². The third kappa shape index (κ3) is 17.9. The van der Waals surface area contributed by atoms with E-state index in [2.05, 4.69) is 114 Å². The summed E-state index contributed by atoms with van der Waals surface area (Å²) in [4.78, 5) is 0. The fourth-order valence-electron chi connectivity index (χ4n) is 2.81. The summed E-state index contributed by atoms with van der Waals surface area (Å²) in [5, 5.41) is 0.833. The monoisotopic (exact) mass is 694 g/mol. The quantitative estimate of drug-likeness (QED) is 0.183. The van der Waals surface area contributed by atoms with E-state index < -0.39 is 0 Å². The van der Waals surface area contributed by atoms with Gasteiger partial charge in [0.2, 0.25) is 0 Å². The molecule has 0 unspecified atom stereocenters. The van der Waals surface area contributed by atoms with Crippen LogP contribution >= 0.6 is 19.4 Å². The standard InChI is InChI=1S/2C10H15.2C3H8S.2ClH.2Ru/c2*1-6-7(2)9(4)10(5)8(6)3;2*1-3(2)4;;;;/h2*1-5H3;2*3-4H,1-2H3;2*1H;;/q;;;;;;2*+3/p-4. The molecule has 2 saturated carbocycles. The molecule has 188 valence electrons.